The number of carbonyl (C=O) groups is 2. The maximum atomic E-state index is 12.5. The maximum absolute atomic E-state index is 12.5. The van der Waals surface area contributed by atoms with Crippen molar-refractivity contribution in [2.24, 2.45) is 0 Å². The van der Waals surface area contributed by atoms with Gasteiger partial charge in [0.2, 0.25) is 5.91 Å². The van der Waals surface area contributed by atoms with Gasteiger partial charge in [0.1, 0.15) is 6.04 Å². The highest BCUT2D eigenvalue weighted by Gasteiger charge is 2.30. The van der Waals surface area contributed by atoms with Gasteiger partial charge in [0.15, 0.2) is 0 Å². The van der Waals surface area contributed by atoms with Crippen LogP contribution < -0.4 is 5.32 Å². The summed E-state index contributed by atoms with van der Waals surface area (Å²) >= 11 is 0. The lowest BCUT2D eigenvalue weighted by molar-refractivity contribution is -0.142. The Balaban J connectivity index is 2.79. The first-order valence-electron chi connectivity index (χ1n) is 6.98. The van der Waals surface area contributed by atoms with Crippen molar-refractivity contribution in [3.8, 4) is 0 Å². The Morgan fingerprint density at radius 2 is 1.83 bits per heavy atom. The Hall–Kier alpha value is -2.09. The predicted octanol–water partition coefficient (Wildman–Crippen LogP) is 2.12. The summed E-state index contributed by atoms with van der Waals surface area (Å²) in [6.45, 7) is 3.54. The van der Waals surface area contributed by atoms with Crippen LogP contribution in [0.3, 0.4) is 0 Å². The number of amides is 1. The Kier molecular flexibility index (Phi) is 6.56. The summed E-state index contributed by atoms with van der Waals surface area (Å²) in [4.78, 5) is 23.6. The Bertz CT molecular complexity index is 544. The lowest BCUT2D eigenvalue weighted by Crippen LogP contribution is -2.42. The Morgan fingerprint density at radius 1 is 1.26 bits per heavy atom. The van der Waals surface area contributed by atoms with Crippen LogP contribution in [0.5, 0.6) is 0 Å². The molecule has 0 saturated carbocycles. The van der Waals surface area contributed by atoms with Crippen molar-refractivity contribution < 1.29 is 27.9 Å². The lowest BCUT2D eigenvalue weighted by atomic mass is 10.1. The fourth-order valence-electron chi connectivity index (χ4n) is 1.98. The summed E-state index contributed by atoms with van der Waals surface area (Å²) < 4.78 is 37.6. The number of alkyl halides is 3. The zero-order valence-corrected chi connectivity index (χ0v) is 12.9. The first-order chi connectivity index (χ1) is 10.6. The molecule has 0 aromatic heterocycles. The molecule has 0 bridgehead atoms. The number of aliphatic carboxylic acids is 1. The standard InChI is InChI=1S/C15H19F3N2O3/c1-10(14(22)23)20(8-7-19-11(2)21)9-12-3-5-13(6-4-12)15(16,17)18/h3-6,10H,7-9H2,1-2H3,(H,19,21)(H,22,23). The van der Waals surface area contributed by atoms with E-state index < -0.39 is 23.8 Å². The molecule has 1 rings (SSSR count). The van der Waals surface area contributed by atoms with E-state index in [9.17, 15) is 22.8 Å². The third kappa shape index (κ3) is 6.27. The van der Waals surface area contributed by atoms with Crippen molar-refractivity contribution in [2.45, 2.75) is 32.6 Å². The number of nitrogens with one attached hydrogen (secondary N) is 1. The van der Waals surface area contributed by atoms with Crippen molar-refractivity contribution in [3.63, 3.8) is 0 Å². The van der Waals surface area contributed by atoms with Crippen LogP contribution in [0.2, 0.25) is 0 Å². The summed E-state index contributed by atoms with van der Waals surface area (Å²) in [5.41, 5.74) is -0.189. The van der Waals surface area contributed by atoms with E-state index in [-0.39, 0.29) is 25.5 Å². The molecule has 1 aromatic rings. The third-order valence-electron chi connectivity index (χ3n) is 3.35. The third-order valence-corrected chi connectivity index (χ3v) is 3.35. The minimum atomic E-state index is -4.40. The lowest BCUT2D eigenvalue weighted by Gasteiger charge is -2.26. The van der Waals surface area contributed by atoms with Gasteiger partial charge in [-0.3, -0.25) is 14.5 Å². The van der Waals surface area contributed by atoms with E-state index in [1.807, 2.05) is 0 Å². The summed E-state index contributed by atoms with van der Waals surface area (Å²) in [5, 5.41) is 11.7. The summed E-state index contributed by atoms with van der Waals surface area (Å²) in [5.74, 6) is -1.28. The topological polar surface area (TPSA) is 69.6 Å². The highest BCUT2D eigenvalue weighted by atomic mass is 19.4. The quantitative estimate of drug-likeness (QED) is 0.802. The molecular formula is C15H19F3N2O3. The molecule has 0 aliphatic carbocycles. The molecule has 1 atom stereocenters. The van der Waals surface area contributed by atoms with Gasteiger partial charge in [0, 0.05) is 26.6 Å². The van der Waals surface area contributed by atoms with E-state index in [0.29, 0.717) is 5.56 Å². The molecule has 0 spiro atoms. The summed E-state index contributed by atoms with van der Waals surface area (Å²) in [6.07, 6.45) is -4.40. The van der Waals surface area contributed by atoms with Gasteiger partial charge in [-0.15, -0.1) is 0 Å². The summed E-state index contributed by atoms with van der Waals surface area (Å²) in [7, 11) is 0. The van der Waals surface area contributed by atoms with Gasteiger partial charge in [-0.25, -0.2) is 0 Å². The molecule has 2 N–H and O–H groups in total. The number of rotatable bonds is 7. The van der Waals surface area contributed by atoms with Gasteiger partial charge >= 0.3 is 12.1 Å². The Labute approximate surface area is 132 Å². The number of halogens is 3. The molecule has 23 heavy (non-hydrogen) atoms. The van der Waals surface area contributed by atoms with E-state index >= 15 is 0 Å². The molecular weight excluding hydrogens is 313 g/mol. The van der Waals surface area contributed by atoms with Gasteiger partial charge in [-0.1, -0.05) is 12.1 Å². The van der Waals surface area contributed by atoms with Crippen LogP contribution in [0.15, 0.2) is 24.3 Å². The van der Waals surface area contributed by atoms with Crippen molar-refractivity contribution in [3.05, 3.63) is 35.4 Å². The van der Waals surface area contributed by atoms with Crippen LogP contribution in [-0.2, 0) is 22.3 Å². The van der Waals surface area contributed by atoms with E-state index in [1.54, 1.807) is 4.90 Å². The molecule has 0 aliphatic rings. The molecule has 1 aromatic carbocycles. The van der Waals surface area contributed by atoms with Crippen molar-refractivity contribution >= 4 is 11.9 Å². The van der Waals surface area contributed by atoms with Gasteiger partial charge in [-0.2, -0.15) is 13.2 Å². The van der Waals surface area contributed by atoms with Gasteiger partial charge in [0.25, 0.3) is 0 Å². The number of hydrogen-bond acceptors (Lipinski definition) is 3. The zero-order valence-electron chi connectivity index (χ0n) is 12.9. The van der Waals surface area contributed by atoms with Crippen molar-refractivity contribution in [1.82, 2.24) is 10.2 Å². The van der Waals surface area contributed by atoms with E-state index in [4.69, 9.17) is 5.11 Å². The van der Waals surface area contributed by atoms with Crippen LogP contribution >= 0.6 is 0 Å². The summed E-state index contributed by atoms with van der Waals surface area (Å²) in [6, 6.07) is 3.75. The number of carbonyl (C=O) groups excluding carboxylic acids is 1. The van der Waals surface area contributed by atoms with Crippen LogP contribution in [0.25, 0.3) is 0 Å². The molecule has 128 valence electrons. The molecule has 0 radical (unpaired) electrons. The fourth-order valence-corrected chi connectivity index (χ4v) is 1.98. The zero-order chi connectivity index (χ0) is 17.6. The molecule has 1 amide bonds. The van der Waals surface area contributed by atoms with E-state index in [2.05, 4.69) is 5.32 Å². The fraction of sp³-hybridized carbons (Fsp3) is 0.467. The smallest absolute Gasteiger partial charge is 0.416 e. The molecule has 0 fully saturated rings. The van der Waals surface area contributed by atoms with Gasteiger partial charge in [-0.05, 0) is 24.6 Å². The van der Waals surface area contributed by atoms with E-state index in [1.165, 1.54) is 26.0 Å². The second-order valence-corrected chi connectivity index (χ2v) is 5.16. The van der Waals surface area contributed by atoms with E-state index in [0.717, 1.165) is 12.1 Å². The van der Waals surface area contributed by atoms with Crippen LogP contribution in [-0.4, -0.2) is 41.0 Å². The second-order valence-electron chi connectivity index (χ2n) is 5.16. The second kappa shape index (κ2) is 7.96. The number of carboxylic acid groups (broad SMARTS) is 1. The highest BCUT2D eigenvalue weighted by Crippen LogP contribution is 2.29. The van der Waals surface area contributed by atoms with Crippen molar-refractivity contribution in [1.29, 1.82) is 0 Å². The predicted molar refractivity (Wildman–Crippen MR) is 77.6 cm³/mol. The largest absolute Gasteiger partial charge is 0.480 e. The molecule has 0 aliphatic heterocycles. The van der Waals surface area contributed by atoms with Gasteiger partial charge < -0.3 is 10.4 Å². The van der Waals surface area contributed by atoms with Gasteiger partial charge in [0.05, 0.1) is 5.56 Å². The van der Waals surface area contributed by atoms with Crippen molar-refractivity contribution in [2.75, 3.05) is 13.1 Å². The number of nitrogens with zero attached hydrogens (tertiary/aromatic N) is 1. The first-order valence-corrected chi connectivity index (χ1v) is 6.98. The molecule has 0 heterocycles. The maximum Gasteiger partial charge on any atom is 0.416 e. The first kappa shape index (κ1) is 19.0. The number of carboxylic acids is 1. The highest BCUT2D eigenvalue weighted by molar-refractivity contribution is 5.73. The molecule has 1 unspecified atom stereocenters. The van der Waals surface area contributed by atoms with Crippen LogP contribution in [0.4, 0.5) is 13.2 Å². The van der Waals surface area contributed by atoms with Crippen LogP contribution in [0.1, 0.15) is 25.0 Å². The monoisotopic (exact) mass is 332 g/mol. The molecule has 0 saturated heterocycles. The van der Waals surface area contributed by atoms with Crippen LogP contribution in [0, 0.1) is 0 Å². The molecule has 8 heteroatoms. The average Bonchev–Trinajstić information content (AvgIpc) is 2.44. The normalized spacial score (nSPS) is 13.0. The number of hydrogen-bond donors (Lipinski definition) is 2. The number of benzene rings is 1. The molecule has 5 nitrogen and oxygen atoms in total. The SMILES string of the molecule is CC(=O)NCCN(Cc1ccc(C(F)(F)F)cc1)C(C)C(=O)O. The minimum Gasteiger partial charge on any atom is -0.480 e. The Morgan fingerprint density at radius 3 is 2.26 bits per heavy atom. The minimum absolute atomic E-state index is 0.172. The average molecular weight is 332 g/mol.